The van der Waals surface area contributed by atoms with E-state index >= 15 is 0 Å². The van der Waals surface area contributed by atoms with E-state index in [9.17, 15) is 10.1 Å². The molecular formula is C12H17BrN2O3. The summed E-state index contributed by atoms with van der Waals surface area (Å²) in [5.74, 6) is 0. The predicted molar refractivity (Wildman–Crippen MR) is 73.6 cm³/mol. The lowest BCUT2D eigenvalue weighted by atomic mass is 10.1. The van der Waals surface area contributed by atoms with E-state index in [1.54, 1.807) is 13.2 Å². The van der Waals surface area contributed by atoms with Crippen molar-refractivity contribution >= 4 is 21.6 Å². The number of rotatable bonds is 6. The Morgan fingerprint density at radius 2 is 2.17 bits per heavy atom. The van der Waals surface area contributed by atoms with Gasteiger partial charge in [-0.3, -0.25) is 10.1 Å². The zero-order valence-electron chi connectivity index (χ0n) is 10.7. The minimum absolute atomic E-state index is 0.0850. The van der Waals surface area contributed by atoms with E-state index in [1.807, 2.05) is 13.8 Å². The maximum atomic E-state index is 10.6. The van der Waals surface area contributed by atoms with Crippen LogP contribution in [0, 0.1) is 10.1 Å². The molecule has 1 rings (SSSR count). The van der Waals surface area contributed by atoms with Crippen molar-refractivity contribution in [2.75, 3.05) is 13.7 Å². The fourth-order valence-corrected chi connectivity index (χ4v) is 2.05. The third-order valence-electron chi connectivity index (χ3n) is 2.51. The number of nitro groups is 1. The van der Waals surface area contributed by atoms with E-state index in [0.717, 1.165) is 10.0 Å². The van der Waals surface area contributed by atoms with Crippen molar-refractivity contribution in [1.29, 1.82) is 0 Å². The molecule has 1 aromatic carbocycles. The summed E-state index contributed by atoms with van der Waals surface area (Å²) < 4.78 is 5.85. The van der Waals surface area contributed by atoms with Gasteiger partial charge in [-0.2, -0.15) is 0 Å². The van der Waals surface area contributed by atoms with Gasteiger partial charge in [-0.15, -0.1) is 0 Å². The van der Waals surface area contributed by atoms with Crippen LogP contribution < -0.4 is 5.32 Å². The third-order valence-corrected chi connectivity index (χ3v) is 3.25. The summed E-state index contributed by atoms with van der Waals surface area (Å²) in [6.07, 6.45) is 0. The number of hydrogen-bond acceptors (Lipinski definition) is 4. The fourth-order valence-electron chi connectivity index (χ4n) is 1.54. The Kier molecular flexibility index (Phi) is 5.25. The summed E-state index contributed by atoms with van der Waals surface area (Å²) in [6.45, 7) is 5.29. The van der Waals surface area contributed by atoms with Gasteiger partial charge < -0.3 is 10.1 Å². The minimum Gasteiger partial charge on any atom is -0.383 e. The standard InChI is InChI=1S/C12H17BrN2O3/c1-12(2,8-18-3)14-7-9-4-5-10(15(16)17)6-11(9)13/h4-6,14H,7-8H2,1-3H3. The van der Waals surface area contributed by atoms with Crippen LogP contribution >= 0.6 is 15.9 Å². The van der Waals surface area contributed by atoms with E-state index < -0.39 is 4.92 Å². The molecule has 0 saturated carbocycles. The van der Waals surface area contributed by atoms with Crippen molar-refractivity contribution < 1.29 is 9.66 Å². The lowest BCUT2D eigenvalue weighted by molar-refractivity contribution is -0.384. The molecule has 0 amide bonds. The van der Waals surface area contributed by atoms with Crippen LogP contribution in [0.3, 0.4) is 0 Å². The van der Waals surface area contributed by atoms with Crippen LogP contribution in [0.5, 0.6) is 0 Å². The van der Waals surface area contributed by atoms with E-state index in [0.29, 0.717) is 13.2 Å². The number of halogens is 1. The minimum atomic E-state index is -0.406. The third kappa shape index (κ3) is 4.36. The van der Waals surface area contributed by atoms with Crippen LogP contribution in [-0.4, -0.2) is 24.2 Å². The zero-order valence-corrected chi connectivity index (χ0v) is 12.3. The highest BCUT2D eigenvalue weighted by molar-refractivity contribution is 9.10. The summed E-state index contributed by atoms with van der Waals surface area (Å²) in [5.41, 5.74) is 0.919. The number of non-ortho nitro benzene ring substituents is 1. The van der Waals surface area contributed by atoms with Crippen LogP contribution in [0.2, 0.25) is 0 Å². The molecule has 0 spiro atoms. The number of methoxy groups -OCH3 is 1. The molecule has 6 heteroatoms. The first-order valence-electron chi connectivity index (χ1n) is 5.52. The Labute approximate surface area is 115 Å². The SMILES string of the molecule is COCC(C)(C)NCc1ccc([N+](=O)[O-])cc1Br. The normalized spacial score (nSPS) is 11.6. The lowest BCUT2D eigenvalue weighted by Gasteiger charge is -2.25. The molecule has 0 radical (unpaired) electrons. The Hall–Kier alpha value is -0.980. The molecule has 0 aliphatic heterocycles. The largest absolute Gasteiger partial charge is 0.383 e. The van der Waals surface area contributed by atoms with E-state index in [-0.39, 0.29) is 11.2 Å². The molecule has 1 aromatic rings. The quantitative estimate of drug-likeness (QED) is 0.647. The number of ether oxygens (including phenoxy) is 1. The molecule has 0 aliphatic carbocycles. The first-order valence-corrected chi connectivity index (χ1v) is 6.32. The van der Waals surface area contributed by atoms with Gasteiger partial charge in [0.1, 0.15) is 0 Å². The van der Waals surface area contributed by atoms with Gasteiger partial charge >= 0.3 is 0 Å². The summed E-state index contributed by atoms with van der Waals surface area (Å²) in [4.78, 5) is 10.2. The van der Waals surface area contributed by atoms with Crippen molar-refractivity contribution in [1.82, 2.24) is 5.32 Å². The number of hydrogen-bond donors (Lipinski definition) is 1. The van der Waals surface area contributed by atoms with Crippen LogP contribution in [0.4, 0.5) is 5.69 Å². The van der Waals surface area contributed by atoms with Gasteiger partial charge in [0.2, 0.25) is 0 Å². The topological polar surface area (TPSA) is 64.4 Å². The Morgan fingerprint density at radius 3 is 2.67 bits per heavy atom. The fraction of sp³-hybridized carbons (Fsp3) is 0.500. The Bertz CT molecular complexity index is 435. The molecule has 0 bridgehead atoms. The van der Waals surface area contributed by atoms with Gasteiger partial charge in [0.05, 0.1) is 11.5 Å². The molecule has 0 aliphatic rings. The monoisotopic (exact) mass is 316 g/mol. The number of nitrogens with one attached hydrogen (secondary N) is 1. The Morgan fingerprint density at radius 1 is 1.50 bits per heavy atom. The maximum absolute atomic E-state index is 10.6. The predicted octanol–water partition coefficient (Wildman–Crippen LogP) is 2.87. The molecule has 0 saturated heterocycles. The van der Waals surface area contributed by atoms with Crippen LogP contribution in [0.1, 0.15) is 19.4 Å². The molecule has 0 atom stereocenters. The van der Waals surface area contributed by atoms with Crippen molar-refractivity contribution in [2.24, 2.45) is 0 Å². The highest BCUT2D eigenvalue weighted by atomic mass is 79.9. The molecule has 0 fully saturated rings. The van der Waals surface area contributed by atoms with Crippen molar-refractivity contribution in [3.05, 3.63) is 38.3 Å². The van der Waals surface area contributed by atoms with Crippen molar-refractivity contribution in [3.8, 4) is 0 Å². The maximum Gasteiger partial charge on any atom is 0.270 e. The van der Waals surface area contributed by atoms with Crippen LogP contribution in [-0.2, 0) is 11.3 Å². The first kappa shape index (κ1) is 15.1. The highest BCUT2D eigenvalue weighted by Gasteiger charge is 2.17. The molecular weight excluding hydrogens is 300 g/mol. The molecule has 0 unspecified atom stereocenters. The van der Waals surface area contributed by atoms with Gasteiger partial charge in [-0.25, -0.2) is 0 Å². The molecule has 0 aromatic heterocycles. The molecule has 5 nitrogen and oxygen atoms in total. The zero-order chi connectivity index (χ0) is 13.8. The summed E-state index contributed by atoms with van der Waals surface area (Å²) in [7, 11) is 1.66. The van der Waals surface area contributed by atoms with E-state index in [1.165, 1.54) is 12.1 Å². The van der Waals surface area contributed by atoms with E-state index in [4.69, 9.17) is 4.74 Å². The first-order chi connectivity index (χ1) is 8.35. The van der Waals surface area contributed by atoms with Gasteiger partial charge in [0.15, 0.2) is 0 Å². The molecule has 100 valence electrons. The number of nitro benzene ring substituents is 1. The Balaban J connectivity index is 2.71. The van der Waals surface area contributed by atoms with Gasteiger partial charge in [-0.1, -0.05) is 15.9 Å². The van der Waals surface area contributed by atoms with Gasteiger partial charge in [-0.05, 0) is 25.5 Å². The van der Waals surface area contributed by atoms with Gasteiger partial charge in [0, 0.05) is 35.8 Å². The van der Waals surface area contributed by atoms with Crippen LogP contribution in [0.25, 0.3) is 0 Å². The molecule has 18 heavy (non-hydrogen) atoms. The summed E-state index contributed by atoms with van der Waals surface area (Å²) in [6, 6.07) is 4.77. The highest BCUT2D eigenvalue weighted by Crippen LogP contribution is 2.23. The second kappa shape index (κ2) is 6.26. The summed E-state index contributed by atoms with van der Waals surface area (Å²) in [5, 5.41) is 14.0. The lowest BCUT2D eigenvalue weighted by Crippen LogP contribution is -2.42. The average molecular weight is 317 g/mol. The molecule has 0 heterocycles. The van der Waals surface area contributed by atoms with Crippen molar-refractivity contribution in [3.63, 3.8) is 0 Å². The molecule has 1 N–H and O–H groups in total. The van der Waals surface area contributed by atoms with Gasteiger partial charge in [0.25, 0.3) is 5.69 Å². The number of benzene rings is 1. The van der Waals surface area contributed by atoms with Crippen molar-refractivity contribution in [2.45, 2.75) is 25.9 Å². The summed E-state index contributed by atoms with van der Waals surface area (Å²) >= 11 is 3.35. The second-order valence-corrected chi connectivity index (χ2v) is 5.56. The number of nitrogens with zero attached hydrogens (tertiary/aromatic N) is 1. The van der Waals surface area contributed by atoms with E-state index in [2.05, 4.69) is 21.2 Å². The smallest absolute Gasteiger partial charge is 0.270 e. The average Bonchev–Trinajstić information content (AvgIpc) is 2.27. The second-order valence-electron chi connectivity index (χ2n) is 4.70. The van der Waals surface area contributed by atoms with Crippen LogP contribution in [0.15, 0.2) is 22.7 Å².